The summed E-state index contributed by atoms with van der Waals surface area (Å²) in [5.41, 5.74) is 10.9. The van der Waals surface area contributed by atoms with Crippen LogP contribution in [0.25, 0.3) is 33.2 Å². The van der Waals surface area contributed by atoms with Crippen molar-refractivity contribution in [2.75, 3.05) is 31.2 Å². The topological polar surface area (TPSA) is 116 Å². The number of benzene rings is 2. The predicted octanol–water partition coefficient (Wildman–Crippen LogP) is 6.04. The number of fused-ring (bicyclic) bond motifs is 2. The SMILES string of the molecule is COc1cc(-c2nn(C3CCC(N4CCC(C)CC4)CC3)c3ncnc(N)c23)ccc1NC(=O)c1cc2ccccc2n1C. The summed E-state index contributed by atoms with van der Waals surface area (Å²) in [5.74, 6) is 1.56. The molecule has 1 aliphatic carbocycles. The van der Waals surface area contributed by atoms with Crippen LogP contribution in [0.2, 0.25) is 0 Å². The van der Waals surface area contributed by atoms with Crippen LogP contribution in [0, 0.1) is 5.92 Å². The monoisotopic (exact) mass is 592 g/mol. The number of hydrogen-bond acceptors (Lipinski definition) is 7. The largest absolute Gasteiger partial charge is 0.495 e. The summed E-state index contributed by atoms with van der Waals surface area (Å²) < 4.78 is 9.72. The minimum absolute atomic E-state index is 0.211. The van der Waals surface area contributed by atoms with Crippen LogP contribution in [0.5, 0.6) is 5.75 Å². The van der Waals surface area contributed by atoms with E-state index in [9.17, 15) is 4.79 Å². The van der Waals surface area contributed by atoms with E-state index in [1.165, 1.54) is 32.3 Å². The van der Waals surface area contributed by atoms with Crippen molar-refractivity contribution >= 4 is 39.3 Å². The maximum Gasteiger partial charge on any atom is 0.272 e. The van der Waals surface area contributed by atoms with Gasteiger partial charge in [-0.15, -0.1) is 0 Å². The second kappa shape index (κ2) is 11.6. The van der Waals surface area contributed by atoms with Crippen LogP contribution in [-0.2, 0) is 7.05 Å². The molecule has 0 atom stereocenters. The van der Waals surface area contributed by atoms with E-state index in [1.54, 1.807) is 7.11 Å². The highest BCUT2D eigenvalue weighted by atomic mass is 16.5. The summed E-state index contributed by atoms with van der Waals surface area (Å²) in [4.78, 5) is 25.0. The minimum atomic E-state index is -0.211. The molecule has 3 N–H and O–H groups in total. The number of carbonyl (C=O) groups is 1. The molecule has 5 aromatic rings. The Hall–Kier alpha value is -4.44. The Morgan fingerprint density at radius 1 is 0.977 bits per heavy atom. The second-order valence-corrected chi connectivity index (χ2v) is 12.4. The molecule has 0 spiro atoms. The summed E-state index contributed by atoms with van der Waals surface area (Å²) in [5, 5.41) is 9.91. The van der Waals surface area contributed by atoms with Gasteiger partial charge in [0.15, 0.2) is 5.65 Å². The predicted molar refractivity (Wildman–Crippen MR) is 174 cm³/mol. The van der Waals surface area contributed by atoms with Crippen LogP contribution in [0.3, 0.4) is 0 Å². The maximum atomic E-state index is 13.3. The number of aryl methyl sites for hydroxylation is 1. The number of carbonyl (C=O) groups excluding carboxylic acids is 1. The van der Waals surface area contributed by atoms with Crippen LogP contribution >= 0.6 is 0 Å². The zero-order valence-electron chi connectivity index (χ0n) is 25.7. The van der Waals surface area contributed by atoms with Crippen molar-refractivity contribution in [3.8, 4) is 17.0 Å². The number of piperidine rings is 1. The average Bonchev–Trinajstić information content (AvgIpc) is 3.61. The normalized spacial score (nSPS) is 19.9. The van der Waals surface area contributed by atoms with Gasteiger partial charge in [-0.25, -0.2) is 14.6 Å². The number of nitrogens with two attached hydrogens (primary N) is 1. The molecule has 10 heteroatoms. The van der Waals surface area contributed by atoms with Crippen LogP contribution in [0.15, 0.2) is 54.9 Å². The summed E-state index contributed by atoms with van der Waals surface area (Å²) in [6.45, 7) is 4.80. The summed E-state index contributed by atoms with van der Waals surface area (Å²) in [6.07, 6.45) is 8.56. The molecule has 1 saturated carbocycles. The molecule has 10 nitrogen and oxygen atoms in total. The number of nitrogen functional groups attached to an aromatic ring is 1. The molecule has 2 fully saturated rings. The number of amides is 1. The molecule has 4 heterocycles. The number of likely N-dealkylation sites (tertiary alicyclic amines) is 1. The number of rotatable bonds is 6. The Kier molecular flexibility index (Phi) is 7.45. The highest BCUT2D eigenvalue weighted by molar-refractivity contribution is 6.07. The van der Waals surface area contributed by atoms with Gasteiger partial charge < -0.3 is 25.3 Å². The fraction of sp³-hybridized carbons (Fsp3) is 0.412. The summed E-state index contributed by atoms with van der Waals surface area (Å²) in [7, 11) is 3.49. The first-order valence-electron chi connectivity index (χ1n) is 15.7. The van der Waals surface area contributed by atoms with Gasteiger partial charge in [0.1, 0.15) is 29.3 Å². The molecule has 228 valence electrons. The van der Waals surface area contributed by atoms with Gasteiger partial charge in [0, 0.05) is 29.6 Å². The zero-order chi connectivity index (χ0) is 30.4. The first-order chi connectivity index (χ1) is 21.4. The number of para-hydroxylation sites is 1. The fourth-order valence-corrected chi connectivity index (χ4v) is 7.15. The third kappa shape index (κ3) is 5.06. The molecule has 0 bridgehead atoms. The van der Waals surface area contributed by atoms with Gasteiger partial charge in [-0.2, -0.15) is 5.10 Å². The first kappa shape index (κ1) is 28.3. The molecule has 7 rings (SSSR count). The van der Waals surface area contributed by atoms with Crippen molar-refractivity contribution in [1.82, 2.24) is 29.2 Å². The molecule has 1 aliphatic heterocycles. The lowest BCUT2D eigenvalue weighted by molar-refractivity contribution is 0.0982. The average molecular weight is 593 g/mol. The van der Waals surface area contributed by atoms with Gasteiger partial charge in [0.05, 0.1) is 24.2 Å². The lowest BCUT2D eigenvalue weighted by Crippen LogP contribution is -2.43. The standard InChI is InChI=1S/C34H40N8O2/c1-21-14-16-41(17-15-21)24-9-11-25(12-10-24)42-33-30(32(35)36-20-37-33)31(39-42)23-8-13-26(29(19-23)44-3)38-34(43)28-18-22-6-4-5-7-27(22)40(28)2/h4-8,13,18-21,24-25H,9-12,14-17H2,1-3H3,(H,38,43)(H2,35,36,37). The minimum Gasteiger partial charge on any atom is -0.495 e. The number of hydrogen-bond donors (Lipinski definition) is 2. The smallest absolute Gasteiger partial charge is 0.272 e. The third-order valence-corrected chi connectivity index (χ3v) is 9.77. The van der Waals surface area contributed by atoms with Gasteiger partial charge in [-0.1, -0.05) is 31.2 Å². The molecule has 0 radical (unpaired) electrons. The fourth-order valence-electron chi connectivity index (χ4n) is 7.15. The Bertz CT molecular complexity index is 1830. The highest BCUT2D eigenvalue weighted by Crippen LogP contribution is 2.39. The molecule has 0 unspecified atom stereocenters. The van der Waals surface area contributed by atoms with Crippen molar-refractivity contribution in [2.24, 2.45) is 13.0 Å². The Morgan fingerprint density at radius 2 is 1.73 bits per heavy atom. The number of methoxy groups -OCH3 is 1. The first-order valence-corrected chi connectivity index (χ1v) is 15.7. The molecule has 3 aromatic heterocycles. The van der Waals surface area contributed by atoms with E-state index in [0.717, 1.165) is 64.8 Å². The van der Waals surface area contributed by atoms with E-state index in [4.69, 9.17) is 15.6 Å². The van der Waals surface area contributed by atoms with Gasteiger partial charge in [-0.3, -0.25) is 4.79 Å². The number of aromatic nitrogens is 5. The van der Waals surface area contributed by atoms with E-state index in [1.807, 2.05) is 60.1 Å². The Balaban J connectivity index is 1.15. The van der Waals surface area contributed by atoms with Crippen LogP contribution in [0.1, 0.15) is 62.0 Å². The Morgan fingerprint density at radius 3 is 2.48 bits per heavy atom. The van der Waals surface area contributed by atoms with E-state index < -0.39 is 0 Å². The van der Waals surface area contributed by atoms with Crippen molar-refractivity contribution in [1.29, 1.82) is 0 Å². The van der Waals surface area contributed by atoms with Gasteiger partial charge in [0.25, 0.3) is 5.91 Å². The molecule has 44 heavy (non-hydrogen) atoms. The van der Waals surface area contributed by atoms with Crippen molar-refractivity contribution in [3.05, 3.63) is 60.6 Å². The molecule has 2 aromatic carbocycles. The lowest BCUT2D eigenvalue weighted by Gasteiger charge is -2.40. The van der Waals surface area contributed by atoms with E-state index >= 15 is 0 Å². The number of anilines is 2. The second-order valence-electron chi connectivity index (χ2n) is 12.4. The molecule has 1 amide bonds. The maximum absolute atomic E-state index is 13.3. The van der Waals surface area contributed by atoms with E-state index in [0.29, 0.717) is 29.0 Å². The highest BCUT2D eigenvalue weighted by Gasteiger charge is 2.31. The molecule has 1 saturated heterocycles. The molecular weight excluding hydrogens is 552 g/mol. The Labute approximate surface area is 257 Å². The van der Waals surface area contributed by atoms with Gasteiger partial charge >= 0.3 is 0 Å². The van der Waals surface area contributed by atoms with E-state index in [2.05, 4.69) is 31.8 Å². The zero-order valence-corrected chi connectivity index (χ0v) is 25.7. The lowest BCUT2D eigenvalue weighted by atomic mass is 9.88. The van der Waals surface area contributed by atoms with Crippen molar-refractivity contribution in [3.63, 3.8) is 0 Å². The van der Waals surface area contributed by atoms with Crippen LogP contribution in [0.4, 0.5) is 11.5 Å². The number of nitrogens with zero attached hydrogens (tertiary/aromatic N) is 6. The van der Waals surface area contributed by atoms with Gasteiger partial charge in [-0.05, 0) is 81.8 Å². The third-order valence-electron chi connectivity index (χ3n) is 9.77. The number of nitrogens with one attached hydrogen (secondary N) is 1. The summed E-state index contributed by atoms with van der Waals surface area (Å²) >= 11 is 0. The van der Waals surface area contributed by atoms with Crippen LogP contribution < -0.4 is 15.8 Å². The van der Waals surface area contributed by atoms with Gasteiger partial charge in [0.2, 0.25) is 0 Å². The summed E-state index contributed by atoms with van der Waals surface area (Å²) in [6, 6.07) is 16.4. The quantitative estimate of drug-likeness (QED) is 0.247. The van der Waals surface area contributed by atoms with E-state index in [-0.39, 0.29) is 11.9 Å². The molecular formula is C34H40N8O2. The number of ether oxygens (including phenoxy) is 1. The van der Waals surface area contributed by atoms with Crippen molar-refractivity contribution < 1.29 is 9.53 Å². The van der Waals surface area contributed by atoms with Crippen LogP contribution in [-0.4, -0.2) is 61.4 Å². The van der Waals surface area contributed by atoms with Crippen molar-refractivity contribution in [2.45, 2.75) is 57.5 Å². The molecule has 2 aliphatic rings.